The average molecular weight is 218 g/mol. The average Bonchev–Trinajstić information content (AvgIpc) is 2.19. The van der Waals surface area contributed by atoms with E-state index in [0.717, 1.165) is 12.8 Å². The smallest absolute Gasteiger partial charge is 0.158 e. The first kappa shape index (κ1) is 10.4. The molecule has 14 heavy (non-hydrogen) atoms. The standard InChI is InChI=1S/C10H18O3S/c1-2-14(12,13)10-5-3-8(4-6-10)7-9(10)11/h8-9,11H,2-7H2,1H3. The number of aliphatic hydroxyl groups excluding tert-OH is 1. The minimum Gasteiger partial charge on any atom is -0.391 e. The lowest BCUT2D eigenvalue weighted by molar-refractivity contribution is 0.0185. The number of hydrogen-bond acceptors (Lipinski definition) is 3. The Hall–Kier alpha value is -0.0900. The van der Waals surface area contributed by atoms with E-state index in [1.807, 2.05) is 0 Å². The molecule has 3 rings (SSSR count). The summed E-state index contributed by atoms with van der Waals surface area (Å²) in [5.41, 5.74) is 0. The van der Waals surface area contributed by atoms with Crippen LogP contribution in [0, 0.1) is 5.92 Å². The predicted octanol–water partition coefficient (Wildman–Crippen LogP) is 1.11. The number of hydrogen-bond donors (Lipinski definition) is 1. The van der Waals surface area contributed by atoms with Crippen LogP contribution < -0.4 is 0 Å². The Morgan fingerprint density at radius 2 is 1.93 bits per heavy atom. The van der Waals surface area contributed by atoms with Crippen LogP contribution in [0.3, 0.4) is 0 Å². The Morgan fingerprint density at radius 1 is 1.36 bits per heavy atom. The molecule has 3 nitrogen and oxygen atoms in total. The highest BCUT2D eigenvalue weighted by atomic mass is 32.2. The highest BCUT2D eigenvalue weighted by Gasteiger charge is 2.54. The molecule has 0 spiro atoms. The van der Waals surface area contributed by atoms with Gasteiger partial charge in [-0.1, -0.05) is 6.92 Å². The van der Waals surface area contributed by atoms with Crippen LogP contribution in [0.15, 0.2) is 0 Å². The summed E-state index contributed by atoms with van der Waals surface area (Å²) in [6.45, 7) is 1.68. The molecule has 2 bridgehead atoms. The van der Waals surface area contributed by atoms with Crippen molar-refractivity contribution in [3.8, 4) is 0 Å². The fourth-order valence-electron chi connectivity index (χ4n) is 3.07. The number of sulfone groups is 1. The SMILES string of the molecule is CCS(=O)(=O)C12CCC(CC1)CC2O. The highest BCUT2D eigenvalue weighted by molar-refractivity contribution is 7.92. The van der Waals surface area contributed by atoms with Crippen LogP contribution in [0.5, 0.6) is 0 Å². The molecule has 0 amide bonds. The van der Waals surface area contributed by atoms with Crippen molar-refractivity contribution in [2.24, 2.45) is 5.92 Å². The van der Waals surface area contributed by atoms with E-state index in [-0.39, 0.29) is 5.75 Å². The van der Waals surface area contributed by atoms with Gasteiger partial charge in [0.25, 0.3) is 0 Å². The Morgan fingerprint density at radius 3 is 2.36 bits per heavy atom. The number of rotatable bonds is 2. The van der Waals surface area contributed by atoms with E-state index >= 15 is 0 Å². The van der Waals surface area contributed by atoms with E-state index in [4.69, 9.17) is 0 Å². The van der Waals surface area contributed by atoms with Gasteiger partial charge in [0.15, 0.2) is 9.84 Å². The zero-order valence-electron chi connectivity index (χ0n) is 8.57. The molecule has 1 unspecified atom stereocenters. The molecule has 0 heterocycles. The fourth-order valence-corrected chi connectivity index (χ4v) is 5.01. The minimum atomic E-state index is -3.09. The van der Waals surface area contributed by atoms with E-state index < -0.39 is 20.7 Å². The monoisotopic (exact) mass is 218 g/mol. The maximum absolute atomic E-state index is 12.0. The minimum absolute atomic E-state index is 0.161. The topological polar surface area (TPSA) is 54.4 Å². The first-order valence-corrected chi connectivity index (χ1v) is 7.07. The molecule has 3 saturated carbocycles. The lowest BCUT2D eigenvalue weighted by atomic mass is 9.68. The van der Waals surface area contributed by atoms with Crippen molar-refractivity contribution in [1.29, 1.82) is 0 Å². The third-order valence-electron chi connectivity index (χ3n) is 4.11. The van der Waals surface area contributed by atoms with Crippen LogP contribution in [-0.4, -0.2) is 30.1 Å². The van der Waals surface area contributed by atoms with Crippen LogP contribution >= 0.6 is 0 Å². The molecule has 0 aromatic carbocycles. The Balaban J connectivity index is 2.38. The van der Waals surface area contributed by atoms with Gasteiger partial charge in [-0.25, -0.2) is 8.42 Å². The van der Waals surface area contributed by atoms with Crippen molar-refractivity contribution in [1.82, 2.24) is 0 Å². The van der Waals surface area contributed by atoms with Crippen molar-refractivity contribution in [3.63, 3.8) is 0 Å². The van der Waals surface area contributed by atoms with Crippen molar-refractivity contribution >= 4 is 9.84 Å². The molecular weight excluding hydrogens is 200 g/mol. The summed E-state index contributed by atoms with van der Waals surface area (Å²) in [5.74, 6) is 0.730. The molecule has 0 saturated heterocycles. The normalized spacial score (nSPS) is 42.7. The summed E-state index contributed by atoms with van der Waals surface area (Å²) in [6, 6.07) is 0. The summed E-state index contributed by atoms with van der Waals surface area (Å²) in [6.07, 6.45) is 3.40. The van der Waals surface area contributed by atoms with E-state index in [0.29, 0.717) is 25.2 Å². The van der Waals surface area contributed by atoms with E-state index in [9.17, 15) is 13.5 Å². The van der Waals surface area contributed by atoms with Crippen LogP contribution in [-0.2, 0) is 9.84 Å². The maximum atomic E-state index is 12.0. The quantitative estimate of drug-likeness (QED) is 0.755. The maximum Gasteiger partial charge on any atom is 0.158 e. The van der Waals surface area contributed by atoms with Gasteiger partial charge in [0.1, 0.15) is 0 Å². The van der Waals surface area contributed by atoms with Crippen LogP contribution in [0.25, 0.3) is 0 Å². The summed E-state index contributed by atoms with van der Waals surface area (Å²) in [5, 5.41) is 9.94. The van der Waals surface area contributed by atoms with Gasteiger partial charge in [-0.3, -0.25) is 0 Å². The molecule has 0 aromatic rings. The molecule has 3 fully saturated rings. The lowest BCUT2D eigenvalue weighted by Crippen LogP contribution is -2.56. The molecule has 4 heteroatoms. The zero-order valence-corrected chi connectivity index (χ0v) is 9.39. The van der Waals surface area contributed by atoms with Gasteiger partial charge < -0.3 is 5.11 Å². The first-order valence-electron chi connectivity index (χ1n) is 5.42. The van der Waals surface area contributed by atoms with Gasteiger partial charge in [-0.15, -0.1) is 0 Å². The molecule has 3 aliphatic rings. The second-order valence-electron chi connectivity index (χ2n) is 4.66. The van der Waals surface area contributed by atoms with Gasteiger partial charge in [0.05, 0.1) is 10.9 Å². The Kier molecular flexibility index (Phi) is 2.39. The molecular formula is C10H18O3S. The van der Waals surface area contributed by atoms with Crippen molar-refractivity contribution < 1.29 is 13.5 Å². The summed E-state index contributed by atoms with van der Waals surface area (Å²) in [7, 11) is -3.09. The second-order valence-corrected chi connectivity index (χ2v) is 7.28. The molecule has 1 atom stereocenters. The third kappa shape index (κ3) is 1.23. The Bertz CT molecular complexity index is 312. The largest absolute Gasteiger partial charge is 0.391 e. The molecule has 0 aromatic heterocycles. The molecule has 1 N–H and O–H groups in total. The summed E-state index contributed by atoms with van der Waals surface area (Å²) < 4.78 is 23.2. The van der Waals surface area contributed by atoms with Gasteiger partial charge in [0.2, 0.25) is 0 Å². The predicted molar refractivity (Wildman–Crippen MR) is 54.8 cm³/mol. The van der Waals surface area contributed by atoms with Crippen LogP contribution in [0.4, 0.5) is 0 Å². The van der Waals surface area contributed by atoms with Gasteiger partial charge in [-0.2, -0.15) is 0 Å². The highest BCUT2D eigenvalue weighted by Crippen LogP contribution is 2.48. The molecule has 3 aliphatic carbocycles. The van der Waals surface area contributed by atoms with Gasteiger partial charge >= 0.3 is 0 Å². The zero-order chi connectivity index (χ0) is 10.4. The third-order valence-corrected chi connectivity index (χ3v) is 6.79. The number of fused-ring (bicyclic) bond motifs is 3. The van der Waals surface area contributed by atoms with E-state index in [1.165, 1.54) is 0 Å². The first-order chi connectivity index (χ1) is 6.52. The van der Waals surface area contributed by atoms with Crippen molar-refractivity contribution in [2.75, 3.05) is 5.75 Å². The van der Waals surface area contributed by atoms with Crippen LogP contribution in [0.1, 0.15) is 39.0 Å². The number of aliphatic hydroxyl groups is 1. The van der Waals surface area contributed by atoms with Gasteiger partial charge in [0, 0.05) is 5.75 Å². The molecule has 0 aliphatic heterocycles. The van der Waals surface area contributed by atoms with Crippen LogP contribution in [0.2, 0.25) is 0 Å². The van der Waals surface area contributed by atoms with Crippen molar-refractivity contribution in [3.05, 3.63) is 0 Å². The fraction of sp³-hybridized carbons (Fsp3) is 1.00. The molecule has 82 valence electrons. The lowest BCUT2D eigenvalue weighted by Gasteiger charge is -2.48. The second kappa shape index (κ2) is 3.20. The summed E-state index contributed by atoms with van der Waals surface area (Å²) in [4.78, 5) is 0. The van der Waals surface area contributed by atoms with Gasteiger partial charge in [-0.05, 0) is 38.0 Å². The van der Waals surface area contributed by atoms with E-state index in [2.05, 4.69) is 0 Å². The summed E-state index contributed by atoms with van der Waals surface area (Å²) >= 11 is 0. The Labute approximate surface area is 85.4 Å². The molecule has 0 radical (unpaired) electrons. The van der Waals surface area contributed by atoms with Crippen molar-refractivity contribution in [2.45, 2.75) is 49.9 Å². The van der Waals surface area contributed by atoms with E-state index in [1.54, 1.807) is 6.92 Å².